The summed E-state index contributed by atoms with van der Waals surface area (Å²) >= 11 is 5.90. The first-order valence-corrected chi connectivity index (χ1v) is 8.58. The fraction of sp³-hybridized carbons (Fsp3) is 0.611. The number of carbonyl (C=O) groups excluding carboxylic acids is 1. The molecule has 1 unspecified atom stereocenters. The van der Waals surface area contributed by atoms with Crippen molar-refractivity contribution in [2.75, 3.05) is 7.05 Å². The Morgan fingerprint density at radius 3 is 2.45 bits per heavy atom. The molecule has 0 heterocycles. The summed E-state index contributed by atoms with van der Waals surface area (Å²) in [4.78, 5) is 14.5. The molecule has 1 atom stereocenters. The molecule has 1 aliphatic carbocycles. The predicted molar refractivity (Wildman–Crippen MR) is 91.9 cm³/mol. The Kier molecular flexibility index (Phi) is 6.27. The van der Waals surface area contributed by atoms with Crippen LogP contribution in [0.5, 0.6) is 0 Å². The number of hydrogen-bond donors (Lipinski definition) is 1. The monoisotopic (exact) mass is 322 g/mol. The minimum atomic E-state index is -0.130. The predicted octanol–water partition coefficient (Wildman–Crippen LogP) is 3.86. The number of nitrogens with one attached hydrogen (secondary N) is 1. The van der Waals surface area contributed by atoms with Gasteiger partial charge < -0.3 is 5.32 Å². The van der Waals surface area contributed by atoms with Crippen LogP contribution in [0.25, 0.3) is 0 Å². The molecule has 0 bridgehead atoms. The Balaban J connectivity index is 1.82. The fourth-order valence-electron chi connectivity index (χ4n) is 2.94. The molecule has 0 radical (unpaired) electrons. The molecule has 1 fully saturated rings. The van der Waals surface area contributed by atoms with Gasteiger partial charge in [-0.25, -0.2) is 0 Å². The molecule has 4 heteroatoms. The third-order valence-electron chi connectivity index (χ3n) is 4.75. The van der Waals surface area contributed by atoms with Crippen LogP contribution < -0.4 is 5.32 Å². The number of rotatable bonds is 5. The summed E-state index contributed by atoms with van der Waals surface area (Å²) < 4.78 is 0. The zero-order valence-electron chi connectivity index (χ0n) is 13.8. The summed E-state index contributed by atoms with van der Waals surface area (Å²) in [6, 6.07) is 8.01. The first kappa shape index (κ1) is 17.3. The zero-order chi connectivity index (χ0) is 16.1. The SMILES string of the molecule is CC1CCC(NC(=O)C(C)N(C)Cc2ccc(Cl)cc2)CC1. The Labute approximate surface area is 139 Å². The number of amides is 1. The van der Waals surface area contributed by atoms with Crippen LogP contribution in [0.4, 0.5) is 0 Å². The second-order valence-electron chi connectivity index (χ2n) is 6.68. The molecule has 0 saturated heterocycles. The van der Waals surface area contributed by atoms with E-state index in [1.54, 1.807) is 0 Å². The zero-order valence-corrected chi connectivity index (χ0v) is 14.6. The first-order chi connectivity index (χ1) is 10.5. The van der Waals surface area contributed by atoms with Crippen molar-refractivity contribution in [3.05, 3.63) is 34.9 Å². The van der Waals surface area contributed by atoms with Gasteiger partial charge in [0, 0.05) is 17.6 Å². The highest BCUT2D eigenvalue weighted by Crippen LogP contribution is 2.23. The molecule has 0 aliphatic heterocycles. The minimum Gasteiger partial charge on any atom is -0.352 e. The minimum absolute atomic E-state index is 0.130. The van der Waals surface area contributed by atoms with Crippen LogP contribution >= 0.6 is 11.6 Å². The standard InChI is InChI=1S/C18H27ClN2O/c1-13-4-10-17(11-5-13)20-18(22)14(2)21(3)12-15-6-8-16(19)9-7-15/h6-9,13-14,17H,4-5,10-12H2,1-3H3,(H,20,22). The molecule has 22 heavy (non-hydrogen) atoms. The molecule has 122 valence electrons. The summed E-state index contributed by atoms with van der Waals surface area (Å²) in [7, 11) is 1.99. The molecule has 1 aromatic rings. The lowest BCUT2D eigenvalue weighted by molar-refractivity contribution is -0.126. The number of likely N-dealkylation sites (N-methyl/N-ethyl adjacent to an activating group) is 1. The van der Waals surface area contributed by atoms with Crippen molar-refractivity contribution in [3.63, 3.8) is 0 Å². The van der Waals surface area contributed by atoms with E-state index in [9.17, 15) is 4.79 Å². The van der Waals surface area contributed by atoms with E-state index in [0.717, 1.165) is 35.9 Å². The van der Waals surface area contributed by atoms with Crippen molar-refractivity contribution in [1.82, 2.24) is 10.2 Å². The van der Waals surface area contributed by atoms with E-state index in [-0.39, 0.29) is 11.9 Å². The Morgan fingerprint density at radius 1 is 1.27 bits per heavy atom. The highest BCUT2D eigenvalue weighted by molar-refractivity contribution is 6.30. The fourth-order valence-corrected chi connectivity index (χ4v) is 3.07. The molecule has 1 saturated carbocycles. The summed E-state index contributed by atoms with van der Waals surface area (Å²) in [6.45, 7) is 5.00. The van der Waals surface area contributed by atoms with Crippen LogP contribution in [0.15, 0.2) is 24.3 Å². The average molecular weight is 323 g/mol. The quantitative estimate of drug-likeness (QED) is 0.893. The summed E-state index contributed by atoms with van der Waals surface area (Å²) in [5.41, 5.74) is 1.16. The molecule has 3 nitrogen and oxygen atoms in total. The van der Waals surface area contributed by atoms with Crippen molar-refractivity contribution in [1.29, 1.82) is 0 Å². The molecule has 0 aromatic heterocycles. The van der Waals surface area contributed by atoms with Crippen molar-refractivity contribution in [2.24, 2.45) is 5.92 Å². The number of benzene rings is 1. The van der Waals surface area contributed by atoms with Crippen LogP contribution in [-0.2, 0) is 11.3 Å². The van der Waals surface area contributed by atoms with Gasteiger partial charge in [0.1, 0.15) is 0 Å². The summed E-state index contributed by atoms with van der Waals surface area (Å²) in [5.74, 6) is 0.939. The Hall–Kier alpha value is -1.06. The highest BCUT2D eigenvalue weighted by atomic mass is 35.5. The molecule has 1 amide bonds. The van der Waals surface area contributed by atoms with Gasteiger partial charge in [0.2, 0.25) is 5.91 Å². The molecule has 1 aromatic carbocycles. The summed E-state index contributed by atoms with van der Waals surface area (Å²) in [6.07, 6.45) is 4.67. The van der Waals surface area contributed by atoms with E-state index in [1.165, 1.54) is 12.8 Å². The highest BCUT2D eigenvalue weighted by Gasteiger charge is 2.24. The Bertz CT molecular complexity index is 480. The Morgan fingerprint density at radius 2 is 1.86 bits per heavy atom. The second-order valence-corrected chi connectivity index (χ2v) is 7.12. The van der Waals surface area contributed by atoms with Crippen LogP contribution in [0.1, 0.15) is 45.1 Å². The third-order valence-corrected chi connectivity index (χ3v) is 5.00. The maximum atomic E-state index is 12.4. The lowest BCUT2D eigenvalue weighted by atomic mass is 9.87. The lowest BCUT2D eigenvalue weighted by Gasteiger charge is -2.30. The molecular formula is C18H27ClN2O. The van der Waals surface area contributed by atoms with Crippen molar-refractivity contribution in [3.8, 4) is 0 Å². The van der Waals surface area contributed by atoms with Crippen molar-refractivity contribution < 1.29 is 4.79 Å². The molecule has 1 aliphatic rings. The first-order valence-electron chi connectivity index (χ1n) is 8.20. The van der Waals surface area contributed by atoms with E-state index in [0.29, 0.717) is 6.04 Å². The number of nitrogens with zero attached hydrogens (tertiary/aromatic N) is 1. The van der Waals surface area contributed by atoms with Gasteiger partial charge in [-0.1, -0.05) is 30.7 Å². The van der Waals surface area contributed by atoms with Gasteiger partial charge in [0.05, 0.1) is 6.04 Å². The van der Waals surface area contributed by atoms with Gasteiger partial charge in [0.15, 0.2) is 0 Å². The van der Waals surface area contributed by atoms with Crippen molar-refractivity contribution >= 4 is 17.5 Å². The van der Waals surface area contributed by atoms with Crippen LogP contribution in [-0.4, -0.2) is 29.9 Å². The van der Waals surface area contributed by atoms with Crippen LogP contribution in [0.3, 0.4) is 0 Å². The second kappa shape index (κ2) is 7.98. The van der Waals surface area contributed by atoms with Gasteiger partial charge in [-0.2, -0.15) is 0 Å². The van der Waals surface area contributed by atoms with E-state index in [4.69, 9.17) is 11.6 Å². The van der Waals surface area contributed by atoms with Gasteiger partial charge in [-0.15, -0.1) is 0 Å². The van der Waals surface area contributed by atoms with E-state index in [2.05, 4.69) is 17.1 Å². The van der Waals surface area contributed by atoms with Crippen LogP contribution in [0.2, 0.25) is 5.02 Å². The van der Waals surface area contributed by atoms with Gasteiger partial charge in [-0.05, 0) is 63.3 Å². The smallest absolute Gasteiger partial charge is 0.237 e. The molecular weight excluding hydrogens is 296 g/mol. The van der Waals surface area contributed by atoms with Crippen LogP contribution in [0, 0.1) is 5.92 Å². The van der Waals surface area contributed by atoms with Gasteiger partial charge in [0.25, 0.3) is 0 Å². The number of hydrogen-bond acceptors (Lipinski definition) is 2. The summed E-state index contributed by atoms with van der Waals surface area (Å²) in [5, 5.41) is 3.95. The maximum Gasteiger partial charge on any atom is 0.237 e. The maximum absolute atomic E-state index is 12.4. The topological polar surface area (TPSA) is 32.3 Å². The number of carbonyl (C=O) groups is 1. The van der Waals surface area contributed by atoms with E-state index in [1.807, 2.05) is 38.2 Å². The normalized spacial score (nSPS) is 23.3. The third kappa shape index (κ3) is 4.99. The van der Waals surface area contributed by atoms with Crippen molar-refractivity contribution in [2.45, 2.75) is 58.2 Å². The largest absolute Gasteiger partial charge is 0.352 e. The van der Waals surface area contributed by atoms with E-state index >= 15 is 0 Å². The van der Waals surface area contributed by atoms with E-state index < -0.39 is 0 Å². The molecule has 0 spiro atoms. The molecule has 2 rings (SSSR count). The van der Waals surface area contributed by atoms with Gasteiger partial charge >= 0.3 is 0 Å². The number of halogens is 1. The lowest BCUT2D eigenvalue weighted by Crippen LogP contribution is -2.47. The average Bonchev–Trinajstić information content (AvgIpc) is 2.51. The molecule has 1 N–H and O–H groups in total. The van der Waals surface area contributed by atoms with Gasteiger partial charge in [-0.3, -0.25) is 9.69 Å².